The van der Waals surface area contributed by atoms with Crippen LogP contribution in [0.3, 0.4) is 0 Å². The van der Waals surface area contributed by atoms with Crippen molar-refractivity contribution < 1.29 is 9.84 Å². The van der Waals surface area contributed by atoms with Crippen molar-refractivity contribution >= 4 is 11.3 Å². The molecule has 0 saturated heterocycles. The van der Waals surface area contributed by atoms with Gasteiger partial charge in [-0.25, -0.2) is 4.98 Å². The molecule has 0 spiro atoms. The minimum Gasteiger partial charge on any atom is -0.486 e. The Morgan fingerprint density at radius 2 is 2.29 bits per heavy atom. The molecule has 1 aromatic carbocycles. The van der Waals surface area contributed by atoms with Gasteiger partial charge in [0.15, 0.2) is 0 Å². The van der Waals surface area contributed by atoms with Gasteiger partial charge in [0.2, 0.25) is 0 Å². The second kappa shape index (κ2) is 5.29. The Morgan fingerprint density at radius 3 is 2.94 bits per heavy atom. The molecule has 1 unspecified atom stereocenters. The summed E-state index contributed by atoms with van der Waals surface area (Å²) in [7, 11) is 0. The fraction of sp³-hybridized carbons (Fsp3) is 0.308. The minimum absolute atomic E-state index is 0.472. The Balaban J connectivity index is 2.01. The van der Waals surface area contributed by atoms with E-state index in [1.165, 1.54) is 0 Å². The zero-order valence-corrected chi connectivity index (χ0v) is 10.7. The Hall–Kier alpha value is -1.39. The molecular formula is C13H15NO2S. The quantitative estimate of drug-likeness (QED) is 0.905. The standard InChI is InChI=1S/C13H15NO2S/c1-9-8-17-13(14-9)7-16-12-5-3-4-11(6-12)10(2)15/h3-6,8,10,15H,7H2,1-2H3. The van der Waals surface area contributed by atoms with E-state index in [9.17, 15) is 5.11 Å². The number of aliphatic hydroxyl groups is 1. The van der Waals surface area contributed by atoms with Gasteiger partial charge in [-0.05, 0) is 31.5 Å². The van der Waals surface area contributed by atoms with Crippen molar-refractivity contribution in [1.29, 1.82) is 0 Å². The second-order valence-electron chi connectivity index (χ2n) is 3.92. The molecule has 1 N–H and O–H groups in total. The van der Waals surface area contributed by atoms with E-state index < -0.39 is 6.10 Å². The molecule has 1 heterocycles. The number of aryl methyl sites for hydroxylation is 1. The molecule has 0 amide bonds. The maximum absolute atomic E-state index is 9.47. The molecule has 0 aliphatic rings. The van der Waals surface area contributed by atoms with Gasteiger partial charge >= 0.3 is 0 Å². The molecule has 0 radical (unpaired) electrons. The van der Waals surface area contributed by atoms with Crippen LogP contribution in [0.25, 0.3) is 0 Å². The average Bonchev–Trinajstić information content (AvgIpc) is 2.73. The summed E-state index contributed by atoms with van der Waals surface area (Å²) in [6.07, 6.45) is -0.472. The second-order valence-corrected chi connectivity index (χ2v) is 4.86. The van der Waals surface area contributed by atoms with Crippen LogP contribution in [0.1, 0.15) is 29.3 Å². The van der Waals surface area contributed by atoms with Crippen LogP contribution < -0.4 is 4.74 Å². The van der Waals surface area contributed by atoms with E-state index in [4.69, 9.17) is 4.74 Å². The largest absolute Gasteiger partial charge is 0.486 e. The third-order valence-corrected chi connectivity index (χ3v) is 3.31. The summed E-state index contributed by atoms with van der Waals surface area (Å²) in [5, 5.41) is 12.4. The third-order valence-electron chi connectivity index (χ3n) is 2.37. The van der Waals surface area contributed by atoms with Crippen LogP contribution in [0, 0.1) is 6.92 Å². The number of hydrogen-bond acceptors (Lipinski definition) is 4. The summed E-state index contributed by atoms with van der Waals surface area (Å²) >= 11 is 1.59. The molecule has 4 heteroatoms. The Labute approximate surface area is 105 Å². The lowest BCUT2D eigenvalue weighted by atomic mass is 10.1. The predicted molar refractivity (Wildman–Crippen MR) is 68.3 cm³/mol. The highest BCUT2D eigenvalue weighted by Crippen LogP contribution is 2.20. The van der Waals surface area contributed by atoms with E-state index in [0.29, 0.717) is 6.61 Å². The molecule has 0 fully saturated rings. The molecule has 17 heavy (non-hydrogen) atoms. The first kappa shape index (κ1) is 12.1. The molecule has 90 valence electrons. The lowest BCUT2D eigenvalue weighted by Crippen LogP contribution is -1.97. The molecule has 1 aromatic heterocycles. The van der Waals surface area contributed by atoms with Crippen molar-refractivity contribution in [2.45, 2.75) is 26.6 Å². The number of ether oxygens (including phenoxy) is 1. The van der Waals surface area contributed by atoms with Gasteiger partial charge in [0, 0.05) is 11.1 Å². The number of thiazole rings is 1. The lowest BCUT2D eigenvalue weighted by molar-refractivity contribution is 0.198. The van der Waals surface area contributed by atoms with Crippen LogP contribution >= 0.6 is 11.3 Å². The summed E-state index contributed by atoms with van der Waals surface area (Å²) in [5.74, 6) is 0.760. The first-order valence-electron chi connectivity index (χ1n) is 5.47. The van der Waals surface area contributed by atoms with E-state index in [1.54, 1.807) is 18.3 Å². The summed E-state index contributed by atoms with van der Waals surface area (Å²) in [4.78, 5) is 4.33. The molecule has 0 aliphatic heterocycles. The van der Waals surface area contributed by atoms with Gasteiger partial charge in [-0.3, -0.25) is 0 Å². The normalized spacial score (nSPS) is 12.4. The highest BCUT2D eigenvalue weighted by Gasteiger charge is 2.03. The monoisotopic (exact) mass is 249 g/mol. The number of aromatic nitrogens is 1. The molecular weight excluding hydrogens is 234 g/mol. The van der Waals surface area contributed by atoms with Crippen LogP contribution in [0.5, 0.6) is 5.75 Å². The first-order valence-corrected chi connectivity index (χ1v) is 6.35. The molecule has 0 saturated carbocycles. The fourth-order valence-electron chi connectivity index (χ4n) is 1.48. The topological polar surface area (TPSA) is 42.4 Å². The fourth-order valence-corrected chi connectivity index (χ4v) is 2.16. The lowest BCUT2D eigenvalue weighted by Gasteiger charge is -2.08. The van der Waals surface area contributed by atoms with Crippen molar-refractivity contribution in [3.05, 3.63) is 45.9 Å². The number of aliphatic hydroxyl groups excluding tert-OH is 1. The molecule has 2 rings (SSSR count). The van der Waals surface area contributed by atoms with Crippen molar-refractivity contribution in [1.82, 2.24) is 4.98 Å². The summed E-state index contributed by atoms with van der Waals surface area (Å²) < 4.78 is 5.63. The highest BCUT2D eigenvalue weighted by atomic mass is 32.1. The van der Waals surface area contributed by atoms with Crippen LogP contribution in [0.15, 0.2) is 29.6 Å². The van der Waals surface area contributed by atoms with Crippen LogP contribution in [0.2, 0.25) is 0 Å². The number of hydrogen-bond donors (Lipinski definition) is 1. The first-order chi connectivity index (χ1) is 8.15. The molecule has 2 aromatic rings. The number of benzene rings is 1. The minimum atomic E-state index is -0.472. The number of nitrogens with zero attached hydrogens (tertiary/aromatic N) is 1. The van der Waals surface area contributed by atoms with Gasteiger partial charge in [0.1, 0.15) is 17.4 Å². The molecule has 3 nitrogen and oxygen atoms in total. The van der Waals surface area contributed by atoms with E-state index in [-0.39, 0.29) is 0 Å². The maximum Gasteiger partial charge on any atom is 0.140 e. The smallest absolute Gasteiger partial charge is 0.140 e. The van der Waals surface area contributed by atoms with Crippen LogP contribution in [-0.2, 0) is 6.61 Å². The Kier molecular flexibility index (Phi) is 3.76. The summed E-state index contributed by atoms with van der Waals surface area (Å²) in [6.45, 7) is 4.18. The van der Waals surface area contributed by atoms with E-state index in [2.05, 4.69) is 4.98 Å². The zero-order valence-electron chi connectivity index (χ0n) is 9.88. The SMILES string of the molecule is Cc1csc(COc2cccc(C(C)O)c2)n1. The van der Waals surface area contributed by atoms with Gasteiger partial charge in [-0.2, -0.15) is 0 Å². The third kappa shape index (κ3) is 3.28. The zero-order chi connectivity index (χ0) is 12.3. The van der Waals surface area contributed by atoms with Crippen molar-refractivity contribution in [2.75, 3.05) is 0 Å². The van der Waals surface area contributed by atoms with Crippen molar-refractivity contribution in [3.8, 4) is 5.75 Å². The average molecular weight is 249 g/mol. The predicted octanol–water partition coefficient (Wildman–Crippen LogP) is 3.08. The van der Waals surface area contributed by atoms with E-state index in [1.807, 2.05) is 36.6 Å². The van der Waals surface area contributed by atoms with Gasteiger partial charge in [-0.1, -0.05) is 12.1 Å². The van der Waals surface area contributed by atoms with E-state index >= 15 is 0 Å². The molecule has 1 atom stereocenters. The molecule has 0 aliphatic carbocycles. The summed E-state index contributed by atoms with van der Waals surface area (Å²) in [6, 6.07) is 7.49. The molecule has 0 bridgehead atoms. The summed E-state index contributed by atoms with van der Waals surface area (Å²) in [5.41, 5.74) is 1.88. The van der Waals surface area contributed by atoms with Crippen molar-refractivity contribution in [3.63, 3.8) is 0 Å². The van der Waals surface area contributed by atoms with Gasteiger partial charge < -0.3 is 9.84 Å². The van der Waals surface area contributed by atoms with Gasteiger partial charge in [-0.15, -0.1) is 11.3 Å². The highest BCUT2D eigenvalue weighted by molar-refractivity contribution is 7.09. The maximum atomic E-state index is 9.47. The van der Waals surface area contributed by atoms with Crippen LogP contribution in [-0.4, -0.2) is 10.1 Å². The van der Waals surface area contributed by atoms with Crippen molar-refractivity contribution in [2.24, 2.45) is 0 Å². The number of rotatable bonds is 4. The van der Waals surface area contributed by atoms with E-state index in [0.717, 1.165) is 22.0 Å². The van der Waals surface area contributed by atoms with Gasteiger partial charge in [0.25, 0.3) is 0 Å². The Morgan fingerprint density at radius 1 is 1.47 bits per heavy atom. The van der Waals surface area contributed by atoms with Gasteiger partial charge in [0.05, 0.1) is 6.10 Å². The van der Waals surface area contributed by atoms with Crippen LogP contribution in [0.4, 0.5) is 0 Å². The Bertz CT molecular complexity index is 494.